The molecular formula is C26H28F6N2O2S. The predicted octanol–water partition coefficient (Wildman–Crippen LogP) is 6.02. The SMILES string of the molecule is CSC[C@]12CC[C@@](CO[C@H](C)c3cc(C(F)(F)F)cc(C(F)(F)F)c3)(c3ccccc3)N(CC(=O)N1)C2. The molecule has 202 valence electrons. The first-order valence-corrected chi connectivity index (χ1v) is 13.2. The van der Waals surface area contributed by atoms with E-state index in [2.05, 4.69) is 5.32 Å². The average Bonchev–Trinajstić information content (AvgIpc) is 2.83. The van der Waals surface area contributed by atoms with Gasteiger partial charge >= 0.3 is 12.4 Å². The number of carbonyl (C=O) groups excluding carboxylic acids is 1. The molecule has 2 aliphatic rings. The van der Waals surface area contributed by atoms with E-state index in [1.54, 1.807) is 11.8 Å². The Bertz CT molecular complexity index is 1090. The summed E-state index contributed by atoms with van der Waals surface area (Å²) in [6.45, 7) is 2.12. The van der Waals surface area contributed by atoms with Crippen LogP contribution < -0.4 is 5.32 Å². The summed E-state index contributed by atoms with van der Waals surface area (Å²) in [5.74, 6) is 0.600. The zero-order chi connectivity index (χ0) is 27.1. The lowest BCUT2D eigenvalue weighted by Gasteiger charge is -2.57. The van der Waals surface area contributed by atoms with E-state index < -0.39 is 40.7 Å². The first-order chi connectivity index (χ1) is 17.3. The number of nitrogens with one attached hydrogen (secondary N) is 1. The number of rotatable bonds is 7. The van der Waals surface area contributed by atoms with Crippen LogP contribution in [0.2, 0.25) is 0 Å². The zero-order valence-electron chi connectivity index (χ0n) is 20.4. The fourth-order valence-electron chi connectivity index (χ4n) is 5.34. The molecule has 2 aromatic rings. The average molecular weight is 547 g/mol. The van der Waals surface area contributed by atoms with Crippen molar-refractivity contribution in [1.82, 2.24) is 10.2 Å². The minimum atomic E-state index is -4.94. The molecule has 1 N–H and O–H groups in total. The number of benzene rings is 2. The molecule has 2 bridgehead atoms. The quantitative estimate of drug-likeness (QED) is 0.431. The van der Waals surface area contributed by atoms with E-state index in [1.165, 1.54) is 6.92 Å². The lowest BCUT2D eigenvalue weighted by atomic mass is 9.74. The maximum absolute atomic E-state index is 13.4. The number of nitrogens with zero attached hydrogens (tertiary/aromatic N) is 1. The van der Waals surface area contributed by atoms with Gasteiger partial charge in [-0.05, 0) is 55.3 Å². The van der Waals surface area contributed by atoms with Crippen molar-refractivity contribution in [1.29, 1.82) is 0 Å². The number of thioether (sulfide) groups is 1. The molecule has 0 radical (unpaired) electrons. The van der Waals surface area contributed by atoms with Crippen molar-refractivity contribution in [3.8, 4) is 0 Å². The van der Waals surface area contributed by atoms with Crippen molar-refractivity contribution in [3.05, 3.63) is 70.8 Å². The molecule has 2 aromatic carbocycles. The van der Waals surface area contributed by atoms with Crippen molar-refractivity contribution in [2.24, 2.45) is 0 Å². The highest BCUT2D eigenvalue weighted by Gasteiger charge is 2.52. The Hall–Kier alpha value is -2.24. The van der Waals surface area contributed by atoms with Crippen molar-refractivity contribution in [2.45, 2.75) is 49.3 Å². The molecule has 2 fully saturated rings. The third kappa shape index (κ3) is 5.78. The molecular weight excluding hydrogens is 518 g/mol. The van der Waals surface area contributed by atoms with Crippen LogP contribution in [0.3, 0.4) is 0 Å². The summed E-state index contributed by atoms with van der Waals surface area (Å²) in [7, 11) is 0. The minimum Gasteiger partial charge on any atom is -0.372 e. The summed E-state index contributed by atoms with van der Waals surface area (Å²) in [6, 6.07) is 10.9. The molecule has 4 atom stereocenters. The highest BCUT2D eigenvalue weighted by molar-refractivity contribution is 7.98. The maximum atomic E-state index is 13.4. The summed E-state index contributed by atoms with van der Waals surface area (Å²) in [5.41, 5.74) is -3.25. The summed E-state index contributed by atoms with van der Waals surface area (Å²) in [5, 5.41) is 3.13. The number of fused-ring (bicyclic) bond motifs is 2. The largest absolute Gasteiger partial charge is 0.416 e. The number of piperidine rings is 1. The Kier molecular flexibility index (Phi) is 7.62. The summed E-state index contributed by atoms with van der Waals surface area (Å²) < 4.78 is 86.3. The third-order valence-electron chi connectivity index (χ3n) is 7.24. The second-order valence-electron chi connectivity index (χ2n) is 9.81. The van der Waals surface area contributed by atoms with Gasteiger partial charge in [0.1, 0.15) is 0 Å². The second-order valence-corrected chi connectivity index (χ2v) is 10.7. The van der Waals surface area contributed by atoms with Gasteiger partial charge in [0, 0.05) is 12.3 Å². The molecule has 0 aliphatic carbocycles. The normalized spacial score (nSPS) is 27.0. The van der Waals surface area contributed by atoms with Gasteiger partial charge in [-0.3, -0.25) is 9.69 Å². The molecule has 1 unspecified atom stereocenters. The topological polar surface area (TPSA) is 41.6 Å². The fraction of sp³-hybridized carbons (Fsp3) is 0.500. The van der Waals surface area contributed by atoms with E-state index in [1.807, 2.05) is 41.5 Å². The minimum absolute atomic E-state index is 0.00158. The van der Waals surface area contributed by atoms with Gasteiger partial charge in [0.25, 0.3) is 0 Å². The van der Waals surface area contributed by atoms with E-state index in [-0.39, 0.29) is 30.7 Å². The maximum Gasteiger partial charge on any atom is 0.416 e. The molecule has 2 heterocycles. The van der Waals surface area contributed by atoms with Gasteiger partial charge in [-0.25, -0.2) is 0 Å². The highest BCUT2D eigenvalue weighted by atomic mass is 32.2. The van der Waals surface area contributed by atoms with E-state index in [4.69, 9.17) is 4.74 Å². The van der Waals surface area contributed by atoms with Gasteiger partial charge in [0.05, 0.1) is 41.5 Å². The van der Waals surface area contributed by atoms with Crippen LogP contribution in [-0.4, -0.2) is 48.1 Å². The first kappa shape index (κ1) is 27.8. The van der Waals surface area contributed by atoms with Crippen molar-refractivity contribution < 1.29 is 35.9 Å². The van der Waals surface area contributed by atoms with Crippen LogP contribution in [0.5, 0.6) is 0 Å². The number of alkyl halides is 6. The third-order valence-corrected chi connectivity index (χ3v) is 8.08. The number of carbonyl (C=O) groups is 1. The van der Waals surface area contributed by atoms with Crippen molar-refractivity contribution in [2.75, 3.05) is 31.7 Å². The number of amides is 1. The molecule has 0 spiro atoms. The van der Waals surface area contributed by atoms with Crippen LogP contribution in [0.1, 0.15) is 48.1 Å². The molecule has 0 aromatic heterocycles. The summed E-state index contributed by atoms with van der Waals surface area (Å²) >= 11 is 1.63. The number of hydrogen-bond acceptors (Lipinski definition) is 4. The molecule has 0 saturated carbocycles. The highest BCUT2D eigenvalue weighted by Crippen LogP contribution is 2.45. The lowest BCUT2D eigenvalue weighted by molar-refractivity contribution is -0.143. The lowest BCUT2D eigenvalue weighted by Crippen LogP contribution is -2.72. The monoisotopic (exact) mass is 546 g/mol. The van der Waals surface area contributed by atoms with Crippen molar-refractivity contribution in [3.63, 3.8) is 0 Å². The van der Waals surface area contributed by atoms with Crippen LogP contribution in [0.4, 0.5) is 26.3 Å². The number of halogens is 6. The second kappa shape index (κ2) is 10.1. The van der Waals surface area contributed by atoms with Crippen LogP contribution in [-0.2, 0) is 27.4 Å². The molecule has 2 saturated heterocycles. The van der Waals surface area contributed by atoms with Crippen molar-refractivity contribution >= 4 is 17.7 Å². The predicted molar refractivity (Wildman–Crippen MR) is 129 cm³/mol. The van der Waals surface area contributed by atoms with E-state index in [9.17, 15) is 31.1 Å². The van der Waals surface area contributed by atoms with Crippen LogP contribution in [0.25, 0.3) is 0 Å². The summed E-state index contributed by atoms with van der Waals surface area (Å²) in [4.78, 5) is 14.7. The smallest absolute Gasteiger partial charge is 0.372 e. The van der Waals surface area contributed by atoms with Gasteiger partial charge in [-0.1, -0.05) is 30.3 Å². The van der Waals surface area contributed by atoms with Crippen LogP contribution >= 0.6 is 11.8 Å². The molecule has 37 heavy (non-hydrogen) atoms. The Morgan fingerprint density at radius 1 is 1.03 bits per heavy atom. The number of piperazine rings is 1. The number of hydrogen-bond donors (Lipinski definition) is 1. The molecule has 4 nitrogen and oxygen atoms in total. The van der Waals surface area contributed by atoms with Gasteiger partial charge in [-0.2, -0.15) is 38.1 Å². The van der Waals surface area contributed by atoms with Gasteiger partial charge in [-0.15, -0.1) is 0 Å². The van der Waals surface area contributed by atoms with E-state index >= 15 is 0 Å². The molecule has 11 heteroatoms. The molecule has 1 amide bonds. The standard InChI is InChI=1S/C26H28F6N2O2S/c1-17(18-10-20(25(27,28)29)12-21(11-18)26(30,31)32)36-15-24(19-6-4-3-5-7-19)9-8-23(16-37-2)14-34(24)13-22(35)33-23/h3-7,10-12,17H,8-9,13-16H2,1-2H3,(H,33,35)/t17-,23-,24-/m1/s1. The Labute approximate surface area is 215 Å². The molecule has 4 rings (SSSR count). The van der Waals surface area contributed by atoms with Crippen LogP contribution in [0, 0.1) is 0 Å². The fourth-order valence-corrected chi connectivity index (χ4v) is 6.20. The van der Waals surface area contributed by atoms with Gasteiger partial charge in [0.2, 0.25) is 5.91 Å². The van der Waals surface area contributed by atoms with Gasteiger partial charge in [0.15, 0.2) is 0 Å². The first-order valence-electron chi connectivity index (χ1n) is 11.8. The Morgan fingerprint density at radius 3 is 2.22 bits per heavy atom. The Balaban J connectivity index is 1.66. The van der Waals surface area contributed by atoms with Gasteiger partial charge < -0.3 is 10.1 Å². The van der Waals surface area contributed by atoms with E-state index in [0.29, 0.717) is 31.5 Å². The zero-order valence-corrected chi connectivity index (χ0v) is 21.2. The number of ether oxygens (including phenoxy) is 1. The van der Waals surface area contributed by atoms with E-state index in [0.717, 1.165) is 11.3 Å². The Morgan fingerprint density at radius 2 is 1.65 bits per heavy atom. The summed E-state index contributed by atoms with van der Waals surface area (Å²) in [6.07, 6.45) is -7.71. The van der Waals surface area contributed by atoms with Crippen LogP contribution in [0.15, 0.2) is 48.5 Å². The molecule has 2 aliphatic heterocycles.